The minimum Gasteiger partial charge on any atom is -0.398 e. The second kappa shape index (κ2) is 6.45. The van der Waals surface area contributed by atoms with Crippen LogP contribution < -0.4 is 11.1 Å². The van der Waals surface area contributed by atoms with Gasteiger partial charge in [0.05, 0.1) is 22.3 Å². The summed E-state index contributed by atoms with van der Waals surface area (Å²) in [6, 6.07) is 11.5. The van der Waals surface area contributed by atoms with Crippen LogP contribution in [-0.2, 0) is 0 Å². The molecular formula is C19H22N4O. The van der Waals surface area contributed by atoms with E-state index in [1.807, 2.05) is 56.3 Å². The van der Waals surface area contributed by atoms with Gasteiger partial charge in [0, 0.05) is 23.9 Å². The highest BCUT2D eigenvalue weighted by Crippen LogP contribution is 2.30. The first-order chi connectivity index (χ1) is 11.5. The third-order valence-electron chi connectivity index (χ3n) is 4.09. The van der Waals surface area contributed by atoms with Crippen LogP contribution in [0.25, 0.3) is 21.8 Å². The van der Waals surface area contributed by atoms with Gasteiger partial charge in [-0.2, -0.15) is 0 Å². The van der Waals surface area contributed by atoms with Crippen molar-refractivity contribution in [3.05, 3.63) is 47.5 Å². The number of aryl methyl sites for hydroxylation is 1. The maximum absolute atomic E-state index is 12.5. The molecule has 24 heavy (non-hydrogen) atoms. The first-order valence-corrected chi connectivity index (χ1v) is 7.99. The largest absolute Gasteiger partial charge is 0.398 e. The number of nitrogens with zero attached hydrogens (tertiary/aromatic N) is 2. The molecule has 0 aliphatic heterocycles. The van der Waals surface area contributed by atoms with Crippen molar-refractivity contribution in [1.29, 1.82) is 0 Å². The van der Waals surface area contributed by atoms with E-state index < -0.39 is 0 Å². The number of aromatic nitrogens is 1. The zero-order valence-corrected chi connectivity index (χ0v) is 14.3. The molecule has 1 aromatic heterocycles. The van der Waals surface area contributed by atoms with Crippen molar-refractivity contribution < 1.29 is 4.79 Å². The van der Waals surface area contributed by atoms with Gasteiger partial charge in [0.1, 0.15) is 0 Å². The smallest absolute Gasteiger partial charge is 0.253 e. The average Bonchev–Trinajstić information content (AvgIpc) is 2.54. The van der Waals surface area contributed by atoms with Gasteiger partial charge in [0.15, 0.2) is 0 Å². The molecule has 3 rings (SSSR count). The second-order valence-electron chi connectivity index (χ2n) is 6.31. The Bertz CT molecular complexity index is 918. The Labute approximate surface area is 141 Å². The van der Waals surface area contributed by atoms with E-state index in [4.69, 9.17) is 10.7 Å². The highest BCUT2D eigenvalue weighted by atomic mass is 16.1. The first-order valence-electron chi connectivity index (χ1n) is 7.99. The number of para-hydroxylation sites is 1. The lowest BCUT2D eigenvalue weighted by Gasteiger charge is -2.13. The number of nitrogens with one attached hydrogen (secondary N) is 1. The summed E-state index contributed by atoms with van der Waals surface area (Å²) in [6.07, 6.45) is 0. The summed E-state index contributed by atoms with van der Waals surface area (Å²) in [5.74, 6) is -0.124. The zero-order valence-electron chi connectivity index (χ0n) is 14.3. The Morgan fingerprint density at radius 1 is 1.21 bits per heavy atom. The Hall–Kier alpha value is -2.66. The van der Waals surface area contributed by atoms with Crippen LogP contribution in [0.1, 0.15) is 15.9 Å². The molecule has 0 saturated heterocycles. The molecular weight excluding hydrogens is 300 g/mol. The van der Waals surface area contributed by atoms with Crippen LogP contribution in [0.3, 0.4) is 0 Å². The number of carbonyl (C=O) groups excluding carboxylic acids is 1. The summed E-state index contributed by atoms with van der Waals surface area (Å²) >= 11 is 0. The summed E-state index contributed by atoms with van der Waals surface area (Å²) < 4.78 is 0. The molecule has 0 radical (unpaired) electrons. The highest BCUT2D eigenvalue weighted by molar-refractivity contribution is 6.13. The third-order valence-corrected chi connectivity index (χ3v) is 4.09. The van der Waals surface area contributed by atoms with Gasteiger partial charge in [-0.05, 0) is 38.7 Å². The molecule has 3 aromatic rings. The number of nitrogen functional groups attached to an aromatic ring is 1. The molecule has 3 N–H and O–H groups in total. The number of carbonyl (C=O) groups is 1. The Balaban J connectivity index is 2.09. The predicted molar refractivity (Wildman–Crippen MR) is 99.3 cm³/mol. The van der Waals surface area contributed by atoms with Crippen LogP contribution >= 0.6 is 0 Å². The molecule has 0 bridgehead atoms. The quantitative estimate of drug-likeness (QED) is 0.724. The Morgan fingerprint density at radius 2 is 2.00 bits per heavy atom. The number of hydrogen-bond acceptors (Lipinski definition) is 4. The standard InChI is InChI=1S/C19H22N4O/c1-12-7-8-13-16(11-12)22-18-14(17(13)20)5-4-6-15(18)19(24)21-9-10-23(2)3/h4-8,11H,9-10H2,1-3H3,(H2,20,22)(H,21,24). The first kappa shape index (κ1) is 16.2. The van der Waals surface area contributed by atoms with Gasteiger partial charge >= 0.3 is 0 Å². The Morgan fingerprint density at radius 3 is 2.75 bits per heavy atom. The molecule has 0 unspecified atom stereocenters. The third kappa shape index (κ3) is 3.03. The van der Waals surface area contributed by atoms with Crippen molar-refractivity contribution in [1.82, 2.24) is 15.2 Å². The van der Waals surface area contributed by atoms with E-state index in [1.165, 1.54) is 0 Å². The number of anilines is 1. The van der Waals surface area contributed by atoms with E-state index in [-0.39, 0.29) is 5.91 Å². The number of rotatable bonds is 4. The number of likely N-dealkylation sites (N-methyl/N-ethyl adjacent to an activating group) is 1. The minimum absolute atomic E-state index is 0.124. The SMILES string of the molecule is Cc1ccc2c(N)c3cccc(C(=O)NCCN(C)C)c3nc2c1. The number of hydrogen-bond donors (Lipinski definition) is 2. The van der Waals surface area contributed by atoms with Gasteiger partial charge in [0.25, 0.3) is 5.91 Å². The summed E-state index contributed by atoms with van der Waals surface area (Å²) in [6.45, 7) is 3.39. The highest BCUT2D eigenvalue weighted by Gasteiger charge is 2.14. The molecule has 1 amide bonds. The van der Waals surface area contributed by atoms with E-state index in [9.17, 15) is 4.79 Å². The van der Waals surface area contributed by atoms with Gasteiger partial charge in [-0.3, -0.25) is 4.79 Å². The molecule has 0 fully saturated rings. The molecule has 1 heterocycles. The molecule has 0 atom stereocenters. The fraction of sp³-hybridized carbons (Fsp3) is 0.263. The number of nitrogens with two attached hydrogens (primary N) is 1. The number of fused-ring (bicyclic) bond motifs is 2. The molecule has 5 heteroatoms. The lowest BCUT2D eigenvalue weighted by Crippen LogP contribution is -2.31. The van der Waals surface area contributed by atoms with Crippen molar-refractivity contribution in [2.45, 2.75) is 6.92 Å². The molecule has 5 nitrogen and oxygen atoms in total. The van der Waals surface area contributed by atoms with E-state index in [1.54, 1.807) is 6.07 Å². The van der Waals surface area contributed by atoms with Crippen LogP contribution in [-0.4, -0.2) is 43.0 Å². The number of amides is 1. The maximum Gasteiger partial charge on any atom is 0.253 e. The predicted octanol–water partition coefficient (Wildman–Crippen LogP) is 2.57. The molecule has 0 aliphatic carbocycles. The van der Waals surface area contributed by atoms with Gasteiger partial charge in [-0.25, -0.2) is 4.98 Å². The molecule has 124 valence electrons. The molecule has 0 saturated carbocycles. The van der Waals surface area contributed by atoms with E-state index in [0.717, 1.165) is 28.4 Å². The lowest BCUT2D eigenvalue weighted by atomic mass is 10.0. The fourth-order valence-corrected chi connectivity index (χ4v) is 2.78. The monoisotopic (exact) mass is 322 g/mol. The summed E-state index contributed by atoms with van der Waals surface area (Å²) in [4.78, 5) is 19.3. The summed E-state index contributed by atoms with van der Waals surface area (Å²) in [5, 5.41) is 4.67. The van der Waals surface area contributed by atoms with Crippen molar-refractivity contribution in [3.63, 3.8) is 0 Å². The summed E-state index contributed by atoms with van der Waals surface area (Å²) in [7, 11) is 3.95. The topological polar surface area (TPSA) is 71.2 Å². The van der Waals surface area contributed by atoms with E-state index in [2.05, 4.69) is 5.32 Å². The van der Waals surface area contributed by atoms with Crippen molar-refractivity contribution in [3.8, 4) is 0 Å². The van der Waals surface area contributed by atoms with Gasteiger partial charge in [-0.1, -0.05) is 24.3 Å². The van der Waals surface area contributed by atoms with Crippen molar-refractivity contribution in [2.75, 3.05) is 32.9 Å². The van der Waals surface area contributed by atoms with Crippen LogP contribution in [0.5, 0.6) is 0 Å². The number of benzene rings is 2. The van der Waals surface area contributed by atoms with Crippen LogP contribution in [0.15, 0.2) is 36.4 Å². The molecule has 0 spiro atoms. The van der Waals surface area contributed by atoms with Crippen LogP contribution in [0, 0.1) is 6.92 Å². The average molecular weight is 322 g/mol. The second-order valence-corrected chi connectivity index (χ2v) is 6.31. The lowest BCUT2D eigenvalue weighted by molar-refractivity contribution is 0.0952. The van der Waals surface area contributed by atoms with Gasteiger partial charge in [-0.15, -0.1) is 0 Å². The van der Waals surface area contributed by atoms with Gasteiger partial charge in [0.2, 0.25) is 0 Å². The number of pyridine rings is 1. The summed E-state index contributed by atoms with van der Waals surface area (Å²) in [5.41, 5.74) is 10.1. The maximum atomic E-state index is 12.5. The van der Waals surface area contributed by atoms with E-state index >= 15 is 0 Å². The van der Waals surface area contributed by atoms with Crippen LogP contribution in [0.2, 0.25) is 0 Å². The normalized spacial score (nSPS) is 11.3. The zero-order chi connectivity index (χ0) is 17.3. The van der Waals surface area contributed by atoms with Crippen LogP contribution in [0.4, 0.5) is 5.69 Å². The fourth-order valence-electron chi connectivity index (χ4n) is 2.78. The molecule has 0 aliphatic rings. The van der Waals surface area contributed by atoms with Crippen molar-refractivity contribution in [2.24, 2.45) is 0 Å². The minimum atomic E-state index is -0.124. The Kier molecular flexibility index (Phi) is 4.36. The molecule has 2 aromatic carbocycles. The van der Waals surface area contributed by atoms with E-state index in [0.29, 0.717) is 23.3 Å². The van der Waals surface area contributed by atoms with Crippen molar-refractivity contribution >= 4 is 33.4 Å². The van der Waals surface area contributed by atoms with Gasteiger partial charge < -0.3 is 16.0 Å².